The monoisotopic (exact) mass is 204 g/mol. The maximum Gasteiger partial charge on any atom is 0.356 e. The van der Waals surface area contributed by atoms with Gasteiger partial charge in [-0.15, -0.1) is 12.4 Å². The van der Waals surface area contributed by atoms with E-state index in [0.717, 1.165) is 6.07 Å². The predicted molar refractivity (Wildman–Crippen MR) is 48.2 cm³/mol. The highest BCUT2D eigenvalue weighted by atomic mass is 35.5. The van der Waals surface area contributed by atoms with Crippen molar-refractivity contribution >= 4 is 18.4 Å². The summed E-state index contributed by atoms with van der Waals surface area (Å²) in [7, 11) is 1.24. The lowest BCUT2D eigenvalue weighted by Gasteiger charge is -1.97. The Morgan fingerprint density at radius 1 is 1.62 bits per heavy atom. The van der Waals surface area contributed by atoms with Crippen molar-refractivity contribution in [3.8, 4) is 0 Å². The maximum absolute atomic E-state index is 10.9. The Labute approximate surface area is 80.6 Å². The first-order valence-corrected chi connectivity index (χ1v) is 3.30. The molecular formula is C7H9ClN2O3. The third-order valence-corrected chi connectivity index (χ3v) is 1.25. The first kappa shape index (κ1) is 11.6. The molecule has 1 N–H and O–H groups in total. The van der Waals surface area contributed by atoms with Crippen molar-refractivity contribution in [2.75, 3.05) is 7.11 Å². The molecule has 1 aromatic heterocycles. The maximum atomic E-state index is 10.9. The summed E-state index contributed by atoms with van der Waals surface area (Å²) in [5.74, 6) is -0.216. The molecule has 1 aromatic rings. The Hall–Kier alpha value is -1.36. The molecule has 1 heterocycles. The van der Waals surface area contributed by atoms with Gasteiger partial charge in [0.1, 0.15) is 5.82 Å². The van der Waals surface area contributed by atoms with Gasteiger partial charge in [-0.1, -0.05) is 0 Å². The summed E-state index contributed by atoms with van der Waals surface area (Å²) < 4.78 is 4.39. The molecule has 0 aliphatic carbocycles. The lowest BCUT2D eigenvalue weighted by atomic mass is 10.4. The van der Waals surface area contributed by atoms with E-state index in [0.29, 0.717) is 5.82 Å². The fourth-order valence-corrected chi connectivity index (χ4v) is 0.789. The Balaban J connectivity index is 0.00000144. The van der Waals surface area contributed by atoms with Crippen molar-refractivity contribution in [3.63, 3.8) is 0 Å². The molecule has 0 saturated carbocycles. The molecule has 13 heavy (non-hydrogen) atoms. The molecule has 0 aliphatic heterocycles. The average Bonchev–Trinajstić information content (AvgIpc) is 2.01. The van der Waals surface area contributed by atoms with Crippen LogP contribution in [-0.4, -0.2) is 23.0 Å². The van der Waals surface area contributed by atoms with E-state index in [1.165, 1.54) is 7.11 Å². The van der Waals surface area contributed by atoms with E-state index >= 15 is 0 Å². The first-order chi connectivity index (χ1) is 5.63. The van der Waals surface area contributed by atoms with Gasteiger partial charge in [0.15, 0.2) is 5.69 Å². The van der Waals surface area contributed by atoms with Crippen molar-refractivity contribution in [2.45, 2.75) is 6.92 Å². The van der Waals surface area contributed by atoms with E-state index in [-0.39, 0.29) is 23.7 Å². The highest BCUT2D eigenvalue weighted by Gasteiger charge is 2.07. The second-order valence-corrected chi connectivity index (χ2v) is 2.21. The molecular weight excluding hydrogens is 196 g/mol. The van der Waals surface area contributed by atoms with E-state index in [2.05, 4.69) is 14.7 Å². The molecule has 0 spiro atoms. The molecule has 0 aromatic carbocycles. The van der Waals surface area contributed by atoms with E-state index in [1.807, 2.05) is 0 Å². The Morgan fingerprint density at radius 3 is 2.69 bits per heavy atom. The lowest BCUT2D eigenvalue weighted by Crippen LogP contribution is -2.14. The third-order valence-electron chi connectivity index (χ3n) is 1.25. The van der Waals surface area contributed by atoms with E-state index in [9.17, 15) is 9.59 Å². The van der Waals surface area contributed by atoms with Crippen LogP contribution in [0.1, 0.15) is 16.3 Å². The van der Waals surface area contributed by atoms with Gasteiger partial charge in [-0.25, -0.2) is 9.78 Å². The van der Waals surface area contributed by atoms with Crippen LogP contribution in [0.4, 0.5) is 0 Å². The van der Waals surface area contributed by atoms with Gasteiger partial charge in [0.25, 0.3) is 5.56 Å². The van der Waals surface area contributed by atoms with Crippen molar-refractivity contribution < 1.29 is 9.53 Å². The molecule has 5 nitrogen and oxygen atoms in total. The first-order valence-electron chi connectivity index (χ1n) is 3.30. The van der Waals surface area contributed by atoms with Gasteiger partial charge < -0.3 is 9.72 Å². The van der Waals surface area contributed by atoms with Gasteiger partial charge in [-0.3, -0.25) is 4.79 Å². The highest BCUT2D eigenvalue weighted by Crippen LogP contribution is 1.92. The molecule has 0 unspecified atom stereocenters. The van der Waals surface area contributed by atoms with Crippen LogP contribution in [0, 0.1) is 6.92 Å². The number of carbonyl (C=O) groups excluding carboxylic acids is 1. The predicted octanol–water partition coefficient (Wildman–Crippen LogP) is 0.287. The number of H-pyrrole nitrogens is 1. The number of carbonyl (C=O) groups is 1. The molecule has 72 valence electrons. The number of hydrogen-bond acceptors (Lipinski definition) is 4. The minimum absolute atomic E-state index is 0. The average molecular weight is 205 g/mol. The molecule has 0 saturated heterocycles. The molecule has 0 amide bonds. The summed E-state index contributed by atoms with van der Waals surface area (Å²) in [6.45, 7) is 1.59. The van der Waals surface area contributed by atoms with Gasteiger partial charge in [-0.2, -0.15) is 0 Å². The summed E-state index contributed by atoms with van der Waals surface area (Å²) >= 11 is 0. The fourth-order valence-electron chi connectivity index (χ4n) is 0.789. The van der Waals surface area contributed by atoms with Crippen LogP contribution < -0.4 is 5.56 Å². The SMILES string of the molecule is COC(=O)c1cc(=O)[nH]c(C)n1.Cl. The summed E-state index contributed by atoms with van der Waals surface area (Å²) in [6.07, 6.45) is 0. The van der Waals surface area contributed by atoms with Crippen molar-refractivity contribution in [1.29, 1.82) is 0 Å². The Morgan fingerprint density at radius 2 is 2.23 bits per heavy atom. The van der Waals surface area contributed by atoms with Crippen LogP contribution in [0.2, 0.25) is 0 Å². The minimum atomic E-state index is -0.607. The molecule has 0 aliphatic rings. The van der Waals surface area contributed by atoms with E-state index in [4.69, 9.17) is 0 Å². The van der Waals surface area contributed by atoms with Crippen molar-refractivity contribution in [1.82, 2.24) is 9.97 Å². The van der Waals surface area contributed by atoms with Crippen LogP contribution in [0.5, 0.6) is 0 Å². The van der Waals surface area contributed by atoms with Gasteiger partial charge in [0.05, 0.1) is 7.11 Å². The van der Waals surface area contributed by atoms with Gasteiger partial charge in [0, 0.05) is 6.07 Å². The number of nitrogens with zero attached hydrogens (tertiary/aromatic N) is 1. The number of esters is 1. The lowest BCUT2D eigenvalue weighted by molar-refractivity contribution is 0.0593. The van der Waals surface area contributed by atoms with E-state index in [1.54, 1.807) is 6.92 Å². The summed E-state index contributed by atoms with van der Waals surface area (Å²) in [4.78, 5) is 27.9. The van der Waals surface area contributed by atoms with Crippen molar-refractivity contribution in [2.24, 2.45) is 0 Å². The fraction of sp³-hybridized carbons (Fsp3) is 0.286. The number of aromatic nitrogens is 2. The number of rotatable bonds is 1. The molecule has 0 fully saturated rings. The number of hydrogen-bond donors (Lipinski definition) is 1. The Kier molecular flexibility index (Phi) is 4.13. The smallest absolute Gasteiger partial charge is 0.356 e. The van der Waals surface area contributed by atoms with Gasteiger partial charge in [0.2, 0.25) is 0 Å². The third kappa shape index (κ3) is 2.87. The Bertz CT molecular complexity index is 361. The molecule has 0 radical (unpaired) electrons. The summed E-state index contributed by atoms with van der Waals surface area (Å²) in [6, 6.07) is 1.10. The summed E-state index contributed by atoms with van der Waals surface area (Å²) in [5.41, 5.74) is -0.332. The quantitative estimate of drug-likeness (QED) is 0.668. The zero-order chi connectivity index (χ0) is 9.14. The molecule has 1 rings (SSSR count). The topological polar surface area (TPSA) is 72.1 Å². The zero-order valence-electron chi connectivity index (χ0n) is 7.16. The molecule has 0 bridgehead atoms. The van der Waals surface area contributed by atoms with Crippen LogP contribution >= 0.6 is 12.4 Å². The number of halogens is 1. The second-order valence-electron chi connectivity index (χ2n) is 2.21. The normalized spacial score (nSPS) is 8.77. The molecule has 6 heteroatoms. The second kappa shape index (κ2) is 4.61. The van der Waals surface area contributed by atoms with Crippen LogP contribution in [0.15, 0.2) is 10.9 Å². The zero-order valence-corrected chi connectivity index (χ0v) is 7.97. The number of methoxy groups -OCH3 is 1. The molecule has 0 atom stereocenters. The standard InChI is InChI=1S/C7H8N2O3.ClH/c1-4-8-5(7(11)12-2)3-6(10)9-4;/h3H,1-2H3,(H,8,9,10);1H. The van der Waals surface area contributed by atoms with Crippen LogP contribution in [-0.2, 0) is 4.74 Å². The van der Waals surface area contributed by atoms with Crippen LogP contribution in [0.25, 0.3) is 0 Å². The van der Waals surface area contributed by atoms with E-state index < -0.39 is 5.97 Å². The summed E-state index contributed by atoms with van der Waals surface area (Å²) in [5, 5.41) is 0. The number of aryl methyl sites for hydroxylation is 1. The largest absolute Gasteiger partial charge is 0.464 e. The number of nitrogens with one attached hydrogen (secondary N) is 1. The van der Waals surface area contributed by atoms with Gasteiger partial charge >= 0.3 is 5.97 Å². The number of aromatic amines is 1. The van der Waals surface area contributed by atoms with Gasteiger partial charge in [-0.05, 0) is 6.92 Å². The van der Waals surface area contributed by atoms with Crippen molar-refractivity contribution in [3.05, 3.63) is 27.9 Å². The van der Waals surface area contributed by atoms with Crippen LogP contribution in [0.3, 0.4) is 0 Å². The highest BCUT2D eigenvalue weighted by molar-refractivity contribution is 5.86. The minimum Gasteiger partial charge on any atom is -0.464 e. The number of ether oxygens (including phenoxy) is 1.